The third-order valence-electron chi connectivity index (χ3n) is 4.16. The van der Waals surface area contributed by atoms with Gasteiger partial charge in [0.05, 0.1) is 0 Å². The van der Waals surface area contributed by atoms with Crippen LogP contribution in [0.15, 0.2) is 23.8 Å². The van der Waals surface area contributed by atoms with Crippen LogP contribution in [0.3, 0.4) is 0 Å². The fourth-order valence-corrected chi connectivity index (χ4v) is 3.25. The molecular formula is C17H24O2. The third-order valence-corrected chi connectivity index (χ3v) is 4.16. The van der Waals surface area contributed by atoms with Crippen LogP contribution in [0, 0.1) is 18.8 Å². The standard InChI is InChI=1S/C17H24O2/c1-10(2)14-6-5-11(3)7-15(14)17-12(4)8-13(18)9-16(17)19/h6,8-11,15,18-19H,5,7H2,1-4H3. The van der Waals surface area contributed by atoms with Crippen LogP contribution in [0.4, 0.5) is 0 Å². The van der Waals surface area contributed by atoms with E-state index in [-0.39, 0.29) is 17.4 Å². The number of hydrogen-bond acceptors (Lipinski definition) is 2. The summed E-state index contributed by atoms with van der Waals surface area (Å²) in [5.41, 5.74) is 3.38. The first kappa shape index (κ1) is 14.0. The highest BCUT2D eigenvalue weighted by Gasteiger charge is 2.28. The predicted molar refractivity (Wildman–Crippen MR) is 78.6 cm³/mol. The quantitative estimate of drug-likeness (QED) is 0.768. The molecule has 1 aliphatic carbocycles. The van der Waals surface area contributed by atoms with Gasteiger partial charge in [-0.3, -0.25) is 0 Å². The highest BCUT2D eigenvalue weighted by Crippen LogP contribution is 2.45. The lowest BCUT2D eigenvalue weighted by Crippen LogP contribution is -2.17. The first-order valence-electron chi connectivity index (χ1n) is 7.12. The van der Waals surface area contributed by atoms with Crippen molar-refractivity contribution in [3.8, 4) is 11.5 Å². The second-order valence-electron chi connectivity index (χ2n) is 6.18. The molecule has 0 bridgehead atoms. The Balaban J connectivity index is 2.50. The SMILES string of the molecule is Cc1cc(O)cc(O)c1C1CC(C)CC=C1C(C)C. The molecule has 19 heavy (non-hydrogen) atoms. The average molecular weight is 260 g/mol. The molecule has 0 saturated heterocycles. The van der Waals surface area contributed by atoms with Crippen molar-refractivity contribution in [2.24, 2.45) is 11.8 Å². The number of phenolic OH excluding ortho intramolecular Hbond substituents is 2. The maximum Gasteiger partial charge on any atom is 0.123 e. The Hall–Kier alpha value is -1.44. The van der Waals surface area contributed by atoms with Crippen LogP contribution < -0.4 is 0 Å². The van der Waals surface area contributed by atoms with Crippen molar-refractivity contribution in [2.75, 3.05) is 0 Å². The van der Waals surface area contributed by atoms with Gasteiger partial charge < -0.3 is 10.2 Å². The fraction of sp³-hybridized carbons (Fsp3) is 0.529. The van der Waals surface area contributed by atoms with E-state index in [9.17, 15) is 10.2 Å². The van der Waals surface area contributed by atoms with Crippen molar-refractivity contribution in [1.29, 1.82) is 0 Å². The Bertz CT molecular complexity index is 477. The van der Waals surface area contributed by atoms with Crippen LogP contribution in [0.2, 0.25) is 0 Å². The average Bonchev–Trinajstić information content (AvgIpc) is 2.27. The Morgan fingerprint density at radius 1 is 1.21 bits per heavy atom. The van der Waals surface area contributed by atoms with Crippen molar-refractivity contribution in [3.63, 3.8) is 0 Å². The van der Waals surface area contributed by atoms with Crippen LogP contribution in [-0.4, -0.2) is 10.2 Å². The number of aromatic hydroxyl groups is 2. The molecule has 2 N–H and O–H groups in total. The Morgan fingerprint density at radius 2 is 1.89 bits per heavy atom. The van der Waals surface area contributed by atoms with E-state index < -0.39 is 0 Å². The van der Waals surface area contributed by atoms with Crippen LogP contribution in [0.25, 0.3) is 0 Å². The Kier molecular flexibility index (Phi) is 3.88. The number of hydrogen-bond donors (Lipinski definition) is 2. The molecule has 1 aromatic carbocycles. The fourth-order valence-electron chi connectivity index (χ4n) is 3.25. The van der Waals surface area contributed by atoms with Gasteiger partial charge in [0.15, 0.2) is 0 Å². The minimum absolute atomic E-state index is 0.137. The van der Waals surface area contributed by atoms with Crippen LogP contribution in [0.5, 0.6) is 11.5 Å². The number of phenols is 2. The van der Waals surface area contributed by atoms with E-state index in [4.69, 9.17) is 0 Å². The molecule has 0 saturated carbocycles. The van der Waals surface area contributed by atoms with Gasteiger partial charge in [-0.05, 0) is 43.2 Å². The van der Waals surface area contributed by atoms with Gasteiger partial charge >= 0.3 is 0 Å². The van der Waals surface area contributed by atoms with Gasteiger partial charge in [-0.25, -0.2) is 0 Å². The minimum atomic E-state index is 0.137. The molecule has 2 nitrogen and oxygen atoms in total. The van der Waals surface area contributed by atoms with E-state index >= 15 is 0 Å². The largest absolute Gasteiger partial charge is 0.508 e. The van der Waals surface area contributed by atoms with Gasteiger partial charge in [-0.1, -0.05) is 32.4 Å². The second kappa shape index (κ2) is 5.28. The molecule has 1 aromatic rings. The molecule has 2 unspecified atom stereocenters. The molecule has 2 rings (SSSR count). The summed E-state index contributed by atoms with van der Waals surface area (Å²) in [5.74, 6) is 1.77. The summed E-state index contributed by atoms with van der Waals surface area (Å²) in [6.45, 7) is 8.64. The molecule has 0 aromatic heterocycles. The zero-order chi connectivity index (χ0) is 14.2. The van der Waals surface area contributed by atoms with E-state index in [0.29, 0.717) is 11.8 Å². The van der Waals surface area contributed by atoms with Crippen molar-refractivity contribution in [2.45, 2.75) is 46.5 Å². The lowest BCUT2D eigenvalue weighted by atomic mass is 9.73. The van der Waals surface area contributed by atoms with Crippen molar-refractivity contribution in [1.82, 2.24) is 0 Å². The predicted octanol–water partition coefficient (Wildman–Crippen LogP) is 4.50. The van der Waals surface area contributed by atoms with Crippen molar-refractivity contribution >= 4 is 0 Å². The summed E-state index contributed by atoms with van der Waals surface area (Å²) in [7, 11) is 0. The number of benzene rings is 1. The summed E-state index contributed by atoms with van der Waals surface area (Å²) >= 11 is 0. The molecule has 104 valence electrons. The van der Waals surface area contributed by atoms with Crippen LogP contribution >= 0.6 is 0 Å². The van der Waals surface area contributed by atoms with Crippen LogP contribution in [-0.2, 0) is 0 Å². The molecule has 0 spiro atoms. The van der Waals surface area contributed by atoms with Gasteiger partial charge in [-0.2, -0.15) is 0 Å². The lowest BCUT2D eigenvalue weighted by molar-refractivity contribution is 0.415. The minimum Gasteiger partial charge on any atom is -0.508 e. The monoisotopic (exact) mass is 260 g/mol. The third kappa shape index (κ3) is 2.78. The van der Waals surface area contributed by atoms with E-state index in [2.05, 4.69) is 26.8 Å². The zero-order valence-corrected chi connectivity index (χ0v) is 12.3. The molecule has 0 fully saturated rings. The number of rotatable bonds is 2. The van der Waals surface area contributed by atoms with Gasteiger partial charge in [0.25, 0.3) is 0 Å². The lowest BCUT2D eigenvalue weighted by Gasteiger charge is -2.32. The summed E-state index contributed by atoms with van der Waals surface area (Å²) in [4.78, 5) is 0. The van der Waals surface area contributed by atoms with E-state index in [1.807, 2.05) is 6.92 Å². The molecule has 2 heteroatoms. The molecule has 0 heterocycles. The first-order valence-corrected chi connectivity index (χ1v) is 7.12. The highest BCUT2D eigenvalue weighted by molar-refractivity contribution is 5.50. The maximum atomic E-state index is 10.2. The maximum absolute atomic E-state index is 10.2. The molecule has 0 aliphatic heterocycles. The molecular weight excluding hydrogens is 236 g/mol. The Morgan fingerprint density at radius 3 is 2.47 bits per heavy atom. The smallest absolute Gasteiger partial charge is 0.123 e. The van der Waals surface area contributed by atoms with Gasteiger partial charge in [-0.15, -0.1) is 0 Å². The topological polar surface area (TPSA) is 40.5 Å². The van der Waals surface area contributed by atoms with Crippen molar-refractivity contribution < 1.29 is 10.2 Å². The summed E-state index contributed by atoms with van der Waals surface area (Å²) in [5, 5.41) is 19.8. The molecule has 0 amide bonds. The molecule has 2 atom stereocenters. The van der Waals surface area contributed by atoms with E-state index in [0.717, 1.165) is 24.0 Å². The van der Waals surface area contributed by atoms with E-state index in [1.54, 1.807) is 6.07 Å². The zero-order valence-electron chi connectivity index (χ0n) is 12.3. The summed E-state index contributed by atoms with van der Waals surface area (Å²) < 4.78 is 0. The molecule has 1 aliphatic rings. The van der Waals surface area contributed by atoms with E-state index in [1.165, 1.54) is 11.6 Å². The summed E-state index contributed by atoms with van der Waals surface area (Å²) in [6.07, 6.45) is 4.54. The van der Waals surface area contributed by atoms with Crippen molar-refractivity contribution in [3.05, 3.63) is 34.9 Å². The first-order chi connectivity index (χ1) is 8.90. The Labute approximate surface area is 115 Å². The van der Waals surface area contributed by atoms with Gasteiger partial charge in [0.2, 0.25) is 0 Å². The van der Waals surface area contributed by atoms with Crippen LogP contribution in [0.1, 0.15) is 50.7 Å². The molecule has 0 radical (unpaired) electrons. The summed E-state index contributed by atoms with van der Waals surface area (Å²) in [6, 6.07) is 3.20. The second-order valence-corrected chi connectivity index (χ2v) is 6.18. The number of aryl methyl sites for hydroxylation is 1. The van der Waals surface area contributed by atoms with Gasteiger partial charge in [0.1, 0.15) is 11.5 Å². The normalized spacial score (nSPS) is 23.5. The number of allylic oxidation sites excluding steroid dienone is 2. The highest BCUT2D eigenvalue weighted by atomic mass is 16.3. The van der Waals surface area contributed by atoms with Gasteiger partial charge in [0, 0.05) is 17.5 Å².